The van der Waals surface area contributed by atoms with E-state index < -0.39 is 24.3 Å². The highest BCUT2D eigenvalue weighted by molar-refractivity contribution is 5.70. The number of hydrogen-bond donors (Lipinski definition) is 0. The minimum atomic E-state index is -1.62. The molecule has 2 unspecified atom stereocenters. The van der Waals surface area contributed by atoms with Gasteiger partial charge in [-0.3, -0.25) is 9.59 Å². The van der Waals surface area contributed by atoms with E-state index in [4.69, 9.17) is 18.9 Å². The van der Waals surface area contributed by atoms with Gasteiger partial charge in [-0.1, -0.05) is 299 Å². The van der Waals surface area contributed by atoms with E-state index in [1.54, 1.807) is 0 Å². The molecule has 9 nitrogen and oxygen atoms in total. The van der Waals surface area contributed by atoms with Crippen LogP contribution in [0.4, 0.5) is 0 Å². The zero-order chi connectivity index (χ0) is 60.5. The lowest BCUT2D eigenvalue weighted by atomic mass is 10.0. The topological polar surface area (TPSA) is 111 Å². The van der Waals surface area contributed by atoms with Gasteiger partial charge in [0.2, 0.25) is 0 Å². The number of hydrogen-bond acceptors (Lipinski definition) is 8. The van der Waals surface area contributed by atoms with Crippen LogP contribution < -0.4 is 5.11 Å². The summed E-state index contributed by atoms with van der Waals surface area (Å²) in [6.45, 7) is 4.68. The van der Waals surface area contributed by atoms with Gasteiger partial charge in [-0.2, -0.15) is 0 Å². The highest BCUT2D eigenvalue weighted by Gasteiger charge is 2.22. The smallest absolute Gasteiger partial charge is 0.306 e. The van der Waals surface area contributed by atoms with Gasteiger partial charge in [-0.25, -0.2) is 0 Å². The molecule has 2 atom stereocenters. The molecule has 0 aliphatic rings. The van der Waals surface area contributed by atoms with E-state index >= 15 is 0 Å². The second-order valence-electron chi connectivity index (χ2n) is 24.8. The molecule has 0 aromatic carbocycles. The zero-order valence-corrected chi connectivity index (χ0v) is 55.1. The fourth-order valence-electron chi connectivity index (χ4n) is 10.1. The van der Waals surface area contributed by atoms with Gasteiger partial charge in [0.25, 0.3) is 0 Å². The van der Waals surface area contributed by atoms with Crippen molar-refractivity contribution < 1.29 is 42.9 Å². The molecule has 0 radical (unpaired) electrons. The average molecular weight is 1160 g/mol. The van der Waals surface area contributed by atoms with Crippen molar-refractivity contribution in [2.75, 3.05) is 47.5 Å². The first-order chi connectivity index (χ1) is 40.6. The maximum absolute atomic E-state index is 12.9. The number of carboxylic acids is 1. The molecule has 0 aromatic heterocycles. The number of unbranched alkanes of at least 4 members (excludes halogenated alkanes) is 38. The Balaban J connectivity index is 4.06. The van der Waals surface area contributed by atoms with Crippen LogP contribution in [0.1, 0.15) is 322 Å². The van der Waals surface area contributed by atoms with E-state index in [0.29, 0.717) is 23.9 Å². The monoisotopic (exact) mass is 1160 g/mol. The zero-order valence-electron chi connectivity index (χ0n) is 55.1. The van der Waals surface area contributed by atoms with Crippen molar-refractivity contribution in [1.82, 2.24) is 0 Å². The molecular weight excluding hydrogens is 1030 g/mol. The summed E-state index contributed by atoms with van der Waals surface area (Å²) >= 11 is 0. The summed E-state index contributed by atoms with van der Waals surface area (Å²) in [6.07, 6.45) is 82.7. The number of aliphatic carboxylic acids is 1. The standard InChI is InChI=1S/C74H133NO8/c1-6-8-10-12-14-16-18-20-22-24-26-28-30-31-32-33-34-35-36-37-38-39-40-41-43-45-47-49-51-53-55-57-59-61-63-65-72(77)83-70(69-82-74(73(78)79)80-67-66-75(3,4)5)68-81-71(76)64-62-60-58-56-54-52-50-48-46-44-42-29-27-25-23-21-19-17-15-13-11-9-7-2/h8,10,14,16,20,22,25-28,31-32,70,74H,6-7,9,11-13,15,17-19,21,23-24,29-30,33-69H2,1-5H3/b10-8-,16-14-,22-20-,27-25-,28-26-,32-31-. The van der Waals surface area contributed by atoms with Crippen LogP contribution in [0.2, 0.25) is 0 Å². The molecule has 0 aliphatic carbocycles. The molecule has 0 bridgehead atoms. The Bertz CT molecular complexity index is 1590. The summed E-state index contributed by atoms with van der Waals surface area (Å²) < 4.78 is 22.8. The maximum atomic E-state index is 12.9. The third-order valence-corrected chi connectivity index (χ3v) is 15.4. The van der Waals surface area contributed by atoms with Crippen LogP contribution in [0.15, 0.2) is 72.9 Å². The molecule has 0 heterocycles. The number of carbonyl (C=O) groups excluding carboxylic acids is 3. The number of carbonyl (C=O) groups is 3. The Morgan fingerprint density at radius 3 is 1.04 bits per heavy atom. The van der Waals surface area contributed by atoms with Gasteiger partial charge in [0.05, 0.1) is 40.3 Å². The number of esters is 2. The van der Waals surface area contributed by atoms with Gasteiger partial charge in [-0.15, -0.1) is 0 Å². The lowest BCUT2D eigenvalue weighted by Crippen LogP contribution is -2.44. The summed E-state index contributed by atoms with van der Waals surface area (Å²) in [6, 6.07) is 0. The lowest BCUT2D eigenvalue weighted by Gasteiger charge is -2.26. The van der Waals surface area contributed by atoms with Gasteiger partial charge in [-0.05, 0) is 83.5 Å². The predicted octanol–water partition coefficient (Wildman–Crippen LogP) is 20.4. The molecule has 0 aromatic rings. The van der Waals surface area contributed by atoms with Crippen molar-refractivity contribution >= 4 is 17.9 Å². The highest BCUT2D eigenvalue weighted by atomic mass is 16.7. The van der Waals surface area contributed by atoms with E-state index in [2.05, 4.69) is 86.8 Å². The van der Waals surface area contributed by atoms with Gasteiger partial charge in [0, 0.05) is 12.8 Å². The largest absolute Gasteiger partial charge is 0.545 e. The Hall–Kier alpha value is -3.27. The van der Waals surface area contributed by atoms with Crippen LogP contribution in [0.5, 0.6) is 0 Å². The van der Waals surface area contributed by atoms with Gasteiger partial charge in [0.15, 0.2) is 12.4 Å². The molecule has 0 saturated carbocycles. The Morgan fingerprint density at radius 2 is 0.687 bits per heavy atom. The number of ether oxygens (including phenoxy) is 4. The SMILES string of the molecule is CC/C=C\C/C=C\C/C=C\C/C=C\C/C=C\CCCCCCCCCCCCCCCCCCCCCC(=O)OC(COC(=O)CCCCCCCCCCCCC/C=C\CCCCCCCCCC)COC(OCC[N+](C)(C)C)C(=O)[O-]. The lowest BCUT2D eigenvalue weighted by molar-refractivity contribution is -0.870. The fraction of sp³-hybridized carbons (Fsp3) is 0.797. The van der Waals surface area contributed by atoms with Crippen molar-refractivity contribution in [2.45, 2.75) is 334 Å². The molecule has 0 fully saturated rings. The second-order valence-corrected chi connectivity index (χ2v) is 24.8. The van der Waals surface area contributed by atoms with Crippen LogP contribution in [-0.4, -0.2) is 82.3 Å². The van der Waals surface area contributed by atoms with Crippen LogP contribution in [0.25, 0.3) is 0 Å². The van der Waals surface area contributed by atoms with Crippen molar-refractivity contribution in [3.05, 3.63) is 72.9 Å². The number of likely N-dealkylation sites (N-methyl/N-ethyl adjacent to an activating group) is 1. The molecule has 83 heavy (non-hydrogen) atoms. The first-order valence-corrected chi connectivity index (χ1v) is 35.1. The van der Waals surface area contributed by atoms with Crippen molar-refractivity contribution in [3.8, 4) is 0 Å². The minimum absolute atomic E-state index is 0.148. The molecule has 9 heteroatoms. The quantitative estimate of drug-likeness (QED) is 0.0195. The van der Waals surface area contributed by atoms with Crippen LogP contribution >= 0.6 is 0 Å². The van der Waals surface area contributed by atoms with E-state index in [9.17, 15) is 19.5 Å². The highest BCUT2D eigenvalue weighted by Crippen LogP contribution is 2.18. The number of nitrogens with zero attached hydrogens (tertiary/aromatic N) is 1. The minimum Gasteiger partial charge on any atom is -0.545 e. The van der Waals surface area contributed by atoms with E-state index in [0.717, 1.165) is 64.2 Å². The summed E-state index contributed by atoms with van der Waals surface area (Å²) in [5.74, 6) is -2.27. The number of allylic oxidation sites excluding steroid dienone is 12. The first kappa shape index (κ1) is 79.7. The van der Waals surface area contributed by atoms with E-state index in [1.165, 1.54) is 225 Å². The molecule has 0 saturated heterocycles. The maximum Gasteiger partial charge on any atom is 0.306 e. The average Bonchev–Trinajstić information content (AvgIpc) is 3.46. The van der Waals surface area contributed by atoms with Crippen LogP contribution in [0.3, 0.4) is 0 Å². The fourth-order valence-corrected chi connectivity index (χ4v) is 10.1. The summed E-state index contributed by atoms with van der Waals surface area (Å²) in [4.78, 5) is 37.5. The van der Waals surface area contributed by atoms with E-state index in [-0.39, 0.29) is 32.2 Å². The Morgan fingerprint density at radius 1 is 0.373 bits per heavy atom. The van der Waals surface area contributed by atoms with Crippen molar-refractivity contribution in [2.24, 2.45) is 0 Å². The third kappa shape index (κ3) is 66.1. The number of carboxylic acid groups (broad SMARTS) is 1. The van der Waals surface area contributed by atoms with Gasteiger partial charge < -0.3 is 33.3 Å². The van der Waals surface area contributed by atoms with Gasteiger partial charge >= 0.3 is 11.9 Å². The molecule has 0 amide bonds. The van der Waals surface area contributed by atoms with Crippen molar-refractivity contribution in [3.63, 3.8) is 0 Å². The number of rotatable bonds is 65. The predicted molar refractivity (Wildman–Crippen MR) is 352 cm³/mol. The molecule has 0 rings (SSSR count). The summed E-state index contributed by atoms with van der Waals surface area (Å²) in [7, 11) is 5.94. The number of quaternary nitrogens is 1. The molecule has 0 aliphatic heterocycles. The summed E-state index contributed by atoms with van der Waals surface area (Å²) in [5, 5.41) is 11.8. The normalized spacial score (nSPS) is 13.1. The van der Waals surface area contributed by atoms with E-state index in [1.807, 2.05) is 21.1 Å². The Labute approximate surface area is 513 Å². The van der Waals surface area contributed by atoms with Crippen LogP contribution in [0, 0.1) is 0 Å². The second kappa shape index (κ2) is 64.7. The third-order valence-electron chi connectivity index (χ3n) is 15.4. The summed E-state index contributed by atoms with van der Waals surface area (Å²) in [5.41, 5.74) is 0. The van der Waals surface area contributed by atoms with Crippen LogP contribution in [-0.2, 0) is 33.3 Å². The Kier molecular flexibility index (Phi) is 62.2. The molecule has 0 spiro atoms. The van der Waals surface area contributed by atoms with Crippen molar-refractivity contribution in [1.29, 1.82) is 0 Å². The molecular formula is C74H133NO8. The molecule has 482 valence electrons. The molecule has 0 N–H and O–H groups in total. The van der Waals surface area contributed by atoms with Gasteiger partial charge in [0.1, 0.15) is 13.2 Å². The first-order valence-electron chi connectivity index (χ1n) is 35.1.